The third-order valence-corrected chi connectivity index (χ3v) is 8.12. The molecule has 0 radical (unpaired) electrons. The van der Waals surface area contributed by atoms with Crippen LogP contribution in [0, 0.1) is 0 Å². The lowest BCUT2D eigenvalue weighted by atomic mass is 9.96. The summed E-state index contributed by atoms with van der Waals surface area (Å²) in [6.45, 7) is 1.41. The molecule has 0 amide bonds. The van der Waals surface area contributed by atoms with Crippen LogP contribution in [0.1, 0.15) is 31.2 Å². The number of hydrogen-bond acceptors (Lipinski definition) is 11. The summed E-state index contributed by atoms with van der Waals surface area (Å²) in [6.07, 6.45) is 1.55. The smallest absolute Gasteiger partial charge is 0.362 e. The van der Waals surface area contributed by atoms with Crippen LogP contribution in [0.3, 0.4) is 0 Å². The Bertz CT molecular complexity index is 1210. The van der Waals surface area contributed by atoms with Crippen molar-refractivity contribution in [1.82, 2.24) is 19.5 Å². The lowest BCUT2D eigenvalue weighted by Crippen LogP contribution is -2.46. The third kappa shape index (κ3) is 3.64. The van der Waals surface area contributed by atoms with Crippen molar-refractivity contribution in [3.05, 3.63) is 48.7 Å². The first-order valence-electron chi connectivity index (χ1n) is 10.4. The summed E-state index contributed by atoms with van der Waals surface area (Å²) in [5, 5.41) is 33.5. The van der Waals surface area contributed by atoms with Gasteiger partial charge in [-0.25, -0.2) is 9.97 Å². The predicted octanol–water partition coefficient (Wildman–Crippen LogP) is 1.11. The minimum Gasteiger partial charge on any atom is -0.387 e. The van der Waals surface area contributed by atoms with Crippen LogP contribution in [0.15, 0.2) is 43.1 Å². The highest BCUT2D eigenvalue weighted by molar-refractivity contribution is 7.54. The van der Waals surface area contributed by atoms with Gasteiger partial charge in [0.15, 0.2) is 12.1 Å². The average molecular weight is 477 g/mol. The monoisotopic (exact) mass is 477 g/mol. The second-order valence-corrected chi connectivity index (χ2v) is 10.4. The number of rotatable bonds is 4. The maximum atomic E-state index is 13.5. The van der Waals surface area contributed by atoms with E-state index in [2.05, 4.69) is 15.0 Å². The number of pyridine rings is 1. The molecule has 176 valence electrons. The maximum absolute atomic E-state index is 13.5. The van der Waals surface area contributed by atoms with E-state index in [4.69, 9.17) is 19.5 Å². The number of fused-ring (bicyclic) bond motifs is 1. The van der Waals surface area contributed by atoms with Gasteiger partial charge in [0, 0.05) is 25.0 Å². The minimum absolute atomic E-state index is 0.0645. The van der Waals surface area contributed by atoms with Crippen molar-refractivity contribution in [2.45, 2.75) is 49.3 Å². The van der Waals surface area contributed by atoms with Crippen LogP contribution in [0.4, 0.5) is 5.82 Å². The van der Waals surface area contributed by atoms with Crippen LogP contribution >= 0.6 is 7.60 Å². The molecular formula is C20H24N5O7P. The fraction of sp³-hybridized carbons (Fsp3) is 0.450. The fourth-order valence-electron chi connectivity index (χ4n) is 4.26. The molecule has 2 aliphatic rings. The lowest BCUT2D eigenvalue weighted by Gasteiger charge is -2.35. The molecule has 0 saturated carbocycles. The average Bonchev–Trinajstić information content (AvgIpc) is 3.33. The van der Waals surface area contributed by atoms with Crippen molar-refractivity contribution in [3.63, 3.8) is 0 Å². The molecule has 13 heteroatoms. The zero-order chi connectivity index (χ0) is 23.4. The van der Waals surface area contributed by atoms with E-state index >= 15 is 0 Å². The third-order valence-electron chi connectivity index (χ3n) is 6.09. The summed E-state index contributed by atoms with van der Waals surface area (Å²) in [6, 6.07) is 5.14. The molecule has 5 rings (SSSR count). The first kappa shape index (κ1) is 22.4. The Hall–Kier alpha value is -2.44. The Kier molecular flexibility index (Phi) is 5.49. The van der Waals surface area contributed by atoms with Crippen LogP contribution in [0.25, 0.3) is 11.0 Å². The van der Waals surface area contributed by atoms with E-state index in [1.54, 1.807) is 36.8 Å². The quantitative estimate of drug-likeness (QED) is 0.396. The van der Waals surface area contributed by atoms with Crippen LogP contribution < -0.4 is 5.73 Å². The minimum atomic E-state index is -4.15. The number of anilines is 1. The second-order valence-electron chi connectivity index (χ2n) is 8.30. The number of nitrogen functional groups attached to an aromatic ring is 1. The normalized spacial score (nSPS) is 35.6. The SMILES string of the molecule is C[C@@]1(O)[C@H](O)[C@@H]([C@@H](O)[P@@]2(=O)OCC[C@@H](c3cccnc3)O2)O[C@H]1n1ccc2c(N)ncnc21. The molecule has 2 saturated heterocycles. The van der Waals surface area contributed by atoms with Crippen LogP contribution in [0.5, 0.6) is 0 Å². The summed E-state index contributed by atoms with van der Waals surface area (Å²) in [4.78, 5) is 12.1. The van der Waals surface area contributed by atoms with Crippen LogP contribution in [-0.4, -0.2) is 65.1 Å². The first-order valence-corrected chi connectivity index (χ1v) is 12.0. The van der Waals surface area contributed by atoms with Gasteiger partial charge in [-0.15, -0.1) is 0 Å². The van der Waals surface area contributed by atoms with Gasteiger partial charge in [0.2, 0.25) is 0 Å². The zero-order valence-electron chi connectivity index (χ0n) is 17.6. The fourth-order valence-corrected chi connectivity index (χ4v) is 6.13. The van der Waals surface area contributed by atoms with Gasteiger partial charge >= 0.3 is 7.60 Å². The highest BCUT2D eigenvalue weighted by Gasteiger charge is 2.60. The molecule has 0 spiro atoms. The molecule has 5 N–H and O–H groups in total. The molecule has 2 fully saturated rings. The molecule has 0 unspecified atom stereocenters. The highest BCUT2D eigenvalue weighted by atomic mass is 31.2. The molecule has 7 atom stereocenters. The number of aliphatic hydroxyl groups is 3. The van der Waals surface area contributed by atoms with Crippen molar-refractivity contribution in [1.29, 1.82) is 0 Å². The summed E-state index contributed by atoms with van der Waals surface area (Å²) in [5.74, 6) is -1.62. The van der Waals surface area contributed by atoms with E-state index in [1.165, 1.54) is 17.8 Å². The largest absolute Gasteiger partial charge is 0.387 e. The Labute approximate surface area is 188 Å². The zero-order valence-corrected chi connectivity index (χ0v) is 18.5. The molecule has 3 aromatic rings. The van der Waals surface area contributed by atoms with Gasteiger partial charge in [0.25, 0.3) is 0 Å². The number of hydrogen-bond donors (Lipinski definition) is 4. The van der Waals surface area contributed by atoms with Crippen molar-refractivity contribution in [3.8, 4) is 0 Å². The number of aliphatic hydroxyl groups excluding tert-OH is 2. The standard InChI is InChI=1S/C20H24N5O7P/c1-20(28)15(26)14(31-19(20)25-7-4-12-16(21)23-10-24-17(12)25)18(27)33(29)30-8-5-13(32-33)11-3-2-6-22-9-11/h2-4,6-7,9-10,13-15,18-19,26-28H,5,8H2,1H3,(H2,21,23,24)/t13-,14-,15+,18-,19+,20+,33+/m0/s1. The van der Waals surface area contributed by atoms with E-state index in [9.17, 15) is 19.9 Å². The van der Waals surface area contributed by atoms with E-state index < -0.39 is 43.6 Å². The first-order chi connectivity index (χ1) is 15.7. The van der Waals surface area contributed by atoms with E-state index in [0.29, 0.717) is 23.0 Å². The molecule has 5 heterocycles. The summed E-state index contributed by atoms with van der Waals surface area (Å²) >= 11 is 0. The molecular weight excluding hydrogens is 453 g/mol. The van der Waals surface area contributed by atoms with Gasteiger partial charge in [-0.1, -0.05) is 6.07 Å². The van der Waals surface area contributed by atoms with Gasteiger partial charge in [-0.3, -0.25) is 14.1 Å². The van der Waals surface area contributed by atoms with Crippen molar-refractivity contribution in [2.24, 2.45) is 0 Å². The van der Waals surface area contributed by atoms with Gasteiger partial charge in [-0.05, 0) is 24.6 Å². The lowest BCUT2D eigenvalue weighted by molar-refractivity contribution is -0.0973. The van der Waals surface area contributed by atoms with Gasteiger partial charge in [0.1, 0.15) is 35.6 Å². The Morgan fingerprint density at radius 2 is 2.18 bits per heavy atom. The van der Waals surface area contributed by atoms with Crippen LogP contribution in [0.2, 0.25) is 0 Å². The second kappa shape index (κ2) is 8.10. The summed E-state index contributed by atoms with van der Waals surface area (Å²) < 4.78 is 31.9. The van der Waals surface area contributed by atoms with Crippen molar-refractivity contribution < 1.29 is 33.7 Å². The summed E-state index contributed by atoms with van der Waals surface area (Å²) in [5.41, 5.74) is 5.05. The van der Waals surface area contributed by atoms with Crippen molar-refractivity contribution in [2.75, 3.05) is 12.3 Å². The topological polar surface area (TPSA) is 175 Å². The van der Waals surface area contributed by atoms with Gasteiger partial charge < -0.3 is 34.9 Å². The summed E-state index contributed by atoms with van der Waals surface area (Å²) in [7, 11) is -4.15. The van der Waals surface area contributed by atoms with E-state index in [0.717, 1.165) is 0 Å². The number of ether oxygens (including phenoxy) is 1. The Balaban J connectivity index is 1.43. The van der Waals surface area contributed by atoms with Gasteiger partial charge in [-0.2, -0.15) is 0 Å². The molecule has 12 nitrogen and oxygen atoms in total. The maximum Gasteiger partial charge on any atom is 0.362 e. The van der Waals surface area contributed by atoms with Crippen LogP contribution in [-0.2, 0) is 18.3 Å². The highest BCUT2D eigenvalue weighted by Crippen LogP contribution is 2.61. The Morgan fingerprint density at radius 3 is 2.94 bits per heavy atom. The molecule has 0 aromatic carbocycles. The van der Waals surface area contributed by atoms with E-state index in [1.807, 2.05) is 0 Å². The Morgan fingerprint density at radius 1 is 1.36 bits per heavy atom. The molecule has 33 heavy (non-hydrogen) atoms. The molecule has 3 aromatic heterocycles. The molecule has 2 aliphatic heterocycles. The van der Waals surface area contributed by atoms with E-state index in [-0.39, 0.29) is 12.4 Å². The number of aromatic nitrogens is 4. The van der Waals surface area contributed by atoms with Crippen molar-refractivity contribution >= 4 is 24.4 Å². The molecule has 0 bridgehead atoms. The predicted molar refractivity (Wildman–Crippen MR) is 115 cm³/mol. The number of nitrogens with zero attached hydrogens (tertiary/aromatic N) is 4. The molecule has 0 aliphatic carbocycles. The van der Waals surface area contributed by atoms with Gasteiger partial charge in [0.05, 0.1) is 18.1 Å². The number of nitrogens with two attached hydrogens (primary N) is 1.